The molecule has 0 fully saturated rings. The lowest BCUT2D eigenvalue weighted by Gasteiger charge is -2.00. The largest absolute Gasteiger partial charge is 0.433 e. The molecule has 1 heterocycles. The number of nitrogens with one attached hydrogen (secondary N) is 2. The van der Waals surface area contributed by atoms with Crippen molar-refractivity contribution in [1.82, 2.24) is 5.32 Å². The molecule has 0 saturated carbocycles. The van der Waals surface area contributed by atoms with Crippen LogP contribution >= 0.6 is 0 Å². The second-order valence-corrected chi connectivity index (χ2v) is 4.64. The standard InChI is InChI=1S/C16H13N3O5/c1-11(20)18-13-6-4-12(5-7-13)3-2-10-17-16(21)14-8-9-15(24-14)19(22)23/h4-9H,10H2,1H3,(H,17,21)(H,18,20). The van der Waals surface area contributed by atoms with Gasteiger partial charge in [0.15, 0.2) is 5.76 Å². The Labute approximate surface area is 137 Å². The monoisotopic (exact) mass is 327 g/mol. The van der Waals surface area contributed by atoms with Crippen molar-refractivity contribution in [3.8, 4) is 11.8 Å². The van der Waals surface area contributed by atoms with Crippen LogP contribution in [0.25, 0.3) is 0 Å². The topological polar surface area (TPSA) is 114 Å². The van der Waals surface area contributed by atoms with Crippen molar-refractivity contribution >= 4 is 23.4 Å². The quantitative estimate of drug-likeness (QED) is 0.506. The van der Waals surface area contributed by atoms with Gasteiger partial charge in [-0.2, -0.15) is 0 Å². The molecule has 122 valence electrons. The van der Waals surface area contributed by atoms with E-state index in [0.717, 1.165) is 6.07 Å². The van der Waals surface area contributed by atoms with E-state index >= 15 is 0 Å². The number of carbonyl (C=O) groups excluding carboxylic acids is 2. The first kappa shape index (κ1) is 16.8. The fourth-order valence-electron chi connectivity index (χ4n) is 1.75. The molecule has 0 spiro atoms. The molecule has 0 aliphatic rings. The zero-order valence-corrected chi connectivity index (χ0v) is 12.7. The van der Waals surface area contributed by atoms with E-state index < -0.39 is 16.7 Å². The highest BCUT2D eigenvalue weighted by Crippen LogP contribution is 2.15. The van der Waals surface area contributed by atoms with Crippen molar-refractivity contribution in [2.45, 2.75) is 6.92 Å². The Balaban J connectivity index is 1.87. The van der Waals surface area contributed by atoms with E-state index in [1.54, 1.807) is 24.3 Å². The SMILES string of the molecule is CC(=O)Nc1ccc(C#CCNC(=O)c2ccc([N+](=O)[O-])o2)cc1. The zero-order chi connectivity index (χ0) is 17.5. The van der Waals surface area contributed by atoms with Gasteiger partial charge in [0.05, 0.1) is 12.6 Å². The van der Waals surface area contributed by atoms with Gasteiger partial charge in [-0.3, -0.25) is 19.7 Å². The molecule has 0 atom stereocenters. The molecule has 0 aliphatic carbocycles. The number of hydrogen-bond donors (Lipinski definition) is 2. The normalized spacial score (nSPS) is 9.54. The minimum Gasteiger partial charge on any atom is -0.395 e. The van der Waals surface area contributed by atoms with Gasteiger partial charge in [0.1, 0.15) is 4.92 Å². The van der Waals surface area contributed by atoms with Crippen LogP contribution in [0.5, 0.6) is 0 Å². The van der Waals surface area contributed by atoms with Crippen molar-refractivity contribution in [2.75, 3.05) is 11.9 Å². The molecule has 2 rings (SSSR count). The third-order valence-corrected chi connectivity index (χ3v) is 2.77. The molecule has 0 saturated heterocycles. The summed E-state index contributed by atoms with van der Waals surface area (Å²) in [6.07, 6.45) is 0. The number of rotatable bonds is 4. The molecule has 1 aromatic carbocycles. The average molecular weight is 327 g/mol. The zero-order valence-electron chi connectivity index (χ0n) is 12.7. The summed E-state index contributed by atoms with van der Waals surface area (Å²) in [6, 6.07) is 9.22. The van der Waals surface area contributed by atoms with Crippen LogP contribution in [0.1, 0.15) is 23.0 Å². The number of benzene rings is 1. The average Bonchev–Trinajstić information content (AvgIpc) is 3.02. The highest BCUT2D eigenvalue weighted by molar-refractivity contribution is 5.91. The van der Waals surface area contributed by atoms with E-state index in [-0.39, 0.29) is 18.2 Å². The van der Waals surface area contributed by atoms with Gasteiger partial charge in [0.25, 0.3) is 5.91 Å². The molecule has 0 unspecified atom stereocenters. The molecule has 2 amide bonds. The second kappa shape index (κ2) is 7.60. The van der Waals surface area contributed by atoms with E-state index in [1.807, 2.05) is 0 Å². The minimum absolute atomic E-state index is 0.0563. The second-order valence-electron chi connectivity index (χ2n) is 4.64. The highest BCUT2D eigenvalue weighted by atomic mass is 16.6. The Morgan fingerprint density at radius 3 is 2.50 bits per heavy atom. The van der Waals surface area contributed by atoms with Gasteiger partial charge in [-0.25, -0.2) is 0 Å². The maximum absolute atomic E-state index is 11.7. The van der Waals surface area contributed by atoms with Crippen LogP contribution < -0.4 is 10.6 Å². The van der Waals surface area contributed by atoms with Gasteiger partial charge in [0, 0.05) is 18.2 Å². The van der Waals surface area contributed by atoms with Crippen LogP contribution in [-0.4, -0.2) is 23.3 Å². The van der Waals surface area contributed by atoms with Crippen molar-refractivity contribution in [1.29, 1.82) is 0 Å². The minimum atomic E-state index is -0.721. The van der Waals surface area contributed by atoms with Crippen molar-refractivity contribution in [3.63, 3.8) is 0 Å². The summed E-state index contributed by atoms with van der Waals surface area (Å²) >= 11 is 0. The molecule has 2 N–H and O–H groups in total. The number of nitrogens with zero attached hydrogens (tertiary/aromatic N) is 1. The van der Waals surface area contributed by atoms with Crippen LogP contribution in [0.2, 0.25) is 0 Å². The molecule has 24 heavy (non-hydrogen) atoms. The molecule has 0 bridgehead atoms. The van der Waals surface area contributed by atoms with Crippen LogP contribution in [0.3, 0.4) is 0 Å². The number of carbonyl (C=O) groups is 2. The fourth-order valence-corrected chi connectivity index (χ4v) is 1.75. The van der Waals surface area contributed by atoms with E-state index in [0.29, 0.717) is 11.3 Å². The lowest BCUT2D eigenvalue weighted by atomic mass is 10.2. The first-order valence-corrected chi connectivity index (χ1v) is 6.84. The molecular weight excluding hydrogens is 314 g/mol. The summed E-state index contributed by atoms with van der Waals surface area (Å²) in [5.41, 5.74) is 1.38. The van der Waals surface area contributed by atoms with Crippen LogP contribution in [0, 0.1) is 22.0 Å². The number of hydrogen-bond acceptors (Lipinski definition) is 5. The Kier molecular flexibility index (Phi) is 5.31. The smallest absolute Gasteiger partial charge is 0.395 e. The third kappa shape index (κ3) is 4.71. The van der Waals surface area contributed by atoms with Crippen molar-refractivity contribution < 1.29 is 18.9 Å². The predicted molar refractivity (Wildman–Crippen MR) is 85.3 cm³/mol. The van der Waals surface area contributed by atoms with Gasteiger partial charge >= 0.3 is 5.88 Å². The number of furan rings is 1. The molecule has 1 aromatic heterocycles. The summed E-state index contributed by atoms with van der Waals surface area (Å²) in [4.78, 5) is 32.4. The first-order valence-electron chi connectivity index (χ1n) is 6.84. The van der Waals surface area contributed by atoms with Gasteiger partial charge in [-0.05, 0) is 30.3 Å². The van der Waals surface area contributed by atoms with E-state index in [4.69, 9.17) is 4.42 Å². The summed E-state index contributed by atoms with van der Waals surface area (Å²) in [6.45, 7) is 1.48. The first-order chi connectivity index (χ1) is 11.5. The number of amides is 2. The molecule has 8 nitrogen and oxygen atoms in total. The Morgan fingerprint density at radius 1 is 1.21 bits per heavy atom. The molecule has 8 heteroatoms. The van der Waals surface area contributed by atoms with Gasteiger partial charge in [-0.1, -0.05) is 11.8 Å². The third-order valence-electron chi connectivity index (χ3n) is 2.77. The van der Waals surface area contributed by atoms with Crippen molar-refractivity contribution in [3.05, 3.63) is 57.8 Å². The molecule has 0 radical (unpaired) electrons. The van der Waals surface area contributed by atoms with Crippen LogP contribution in [0.15, 0.2) is 40.8 Å². The lowest BCUT2D eigenvalue weighted by Crippen LogP contribution is -2.23. The lowest BCUT2D eigenvalue weighted by molar-refractivity contribution is -0.402. The molecular formula is C16H13N3O5. The molecule has 0 aliphatic heterocycles. The van der Waals surface area contributed by atoms with Gasteiger partial charge in [0.2, 0.25) is 5.91 Å². The Hall–Kier alpha value is -3.60. The maximum Gasteiger partial charge on any atom is 0.433 e. The number of anilines is 1. The summed E-state index contributed by atoms with van der Waals surface area (Å²) < 4.78 is 4.77. The Morgan fingerprint density at radius 2 is 1.92 bits per heavy atom. The van der Waals surface area contributed by atoms with Gasteiger partial charge in [-0.15, -0.1) is 0 Å². The van der Waals surface area contributed by atoms with Crippen molar-refractivity contribution in [2.24, 2.45) is 0 Å². The fraction of sp³-hybridized carbons (Fsp3) is 0.125. The van der Waals surface area contributed by atoms with Crippen LogP contribution in [0.4, 0.5) is 11.6 Å². The van der Waals surface area contributed by atoms with E-state index in [1.165, 1.54) is 13.0 Å². The highest BCUT2D eigenvalue weighted by Gasteiger charge is 2.16. The summed E-state index contributed by atoms with van der Waals surface area (Å²) in [7, 11) is 0. The predicted octanol–water partition coefficient (Wildman–Crippen LogP) is 1.93. The summed E-state index contributed by atoms with van der Waals surface area (Å²) in [5, 5.41) is 15.6. The van der Waals surface area contributed by atoms with E-state index in [9.17, 15) is 19.7 Å². The van der Waals surface area contributed by atoms with Gasteiger partial charge < -0.3 is 15.1 Å². The number of nitro groups is 1. The van der Waals surface area contributed by atoms with Crippen LogP contribution in [-0.2, 0) is 4.79 Å². The summed E-state index contributed by atoms with van der Waals surface area (Å²) in [5.74, 6) is 4.20. The molecule has 2 aromatic rings. The maximum atomic E-state index is 11.7. The van der Waals surface area contributed by atoms with E-state index in [2.05, 4.69) is 22.5 Å². The Bertz CT molecular complexity index is 827.